The Morgan fingerprint density at radius 1 is 1.11 bits per heavy atom. The smallest absolute Gasteiger partial charge is 0.322 e. The number of carbonyl (C=O) groups excluding carboxylic acids is 1. The van der Waals surface area contributed by atoms with Gasteiger partial charge in [0.25, 0.3) is 5.91 Å². The highest BCUT2D eigenvalue weighted by Crippen LogP contribution is 2.39. The van der Waals surface area contributed by atoms with E-state index in [2.05, 4.69) is 15.5 Å². The molecule has 1 atom stereocenters. The van der Waals surface area contributed by atoms with Crippen LogP contribution in [-0.2, 0) is 4.74 Å². The van der Waals surface area contributed by atoms with Crippen molar-refractivity contribution in [2.75, 3.05) is 31.7 Å². The third-order valence-electron chi connectivity index (χ3n) is 4.04. The molecule has 152 valence electrons. The molecule has 28 heavy (non-hydrogen) atoms. The average molecular weight is 391 g/mol. The Hall–Kier alpha value is -2.81. The molecule has 9 heteroatoms. The number of aromatic nitrogens is 2. The van der Waals surface area contributed by atoms with Crippen LogP contribution in [0, 0.1) is 0 Å². The Kier molecular flexibility index (Phi) is 6.70. The van der Waals surface area contributed by atoms with E-state index < -0.39 is 5.91 Å². The molecule has 1 aliphatic heterocycles. The van der Waals surface area contributed by atoms with Gasteiger partial charge in [0.05, 0.1) is 19.8 Å². The lowest BCUT2D eigenvalue weighted by Gasteiger charge is -2.16. The van der Waals surface area contributed by atoms with Crippen molar-refractivity contribution in [1.82, 2.24) is 10.2 Å². The molecule has 0 aliphatic carbocycles. The highest BCUT2D eigenvalue weighted by molar-refractivity contribution is 6.04. The van der Waals surface area contributed by atoms with Gasteiger partial charge in [0.2, 0.25) is 11.6 Å². The van der Waals surface area contributed by atoms with E-state index in [1.165, 1.54) is 0 Å². The zero-order valence-electron chi connectivity index (χ0n) is 16.3. The van der Waals surface area contributed by atoms with Crippen LogP contribution in [0.2, 0.25) is 0 Å². The van der Waals surface area contributed by atoms with Crippen molar-refractivity contribution < 1.29 is 28.2 Å². The maximum absolute atomic E-state index is 12.7. The van der Waals surface area contributed by atoms with Crippen LogP contribution in [0.3, 0.4) is 0 Å². The van der Waals surface area contributed by atoms with Crippen molar-refractivity contribution in [3.63, 3.8) is 0 Å². The van der Waals surface area contributed by atoms with Crippen LogP contribution in [0.25, 0.3) is 0 Å². The predicted octanol–water partition coefficient (Wildman–Crippen LogP) is 3.37. The first-order valence-electron chi connectivity index (χ1n) is 9.49. The van der Waals surface area contributed by atoms with E-state index in [9.17, 15) is 4.79 Å². The number of anilines is 1. The minimum Gasteiger partial charge on any atom is -0.490 e. The maximum atomic E-state index is 12.7. The van der Waals surface area contributed by atoms with Gasteiger partial charge in [0, 0.05) is 12.2 Å². The quantitative estimate of drug-likeness (QED) is 0.694. The number of benzene rings is 1. The number of carbonyl (C=O) groups is 1. The summed E-state index contributed by atoms with van der Waals surface area (Å²) in [6.45, 7) is 7.53. The summed E-state index contributed by atoms with van der Waals surface area (Å²) >= 11 is 0. The fraction of sp³-hybridized carbons (Fsp3) is 0.526. The van der Waals surface area contributed by atoms with Gasteiger partial charge < -0.3 is 23.4 Å². The molecule has 1 unspecified atom stereocenters. The molecule has 2 heterocycles. The van der Waals surface area contributed by atoms with Crippen LogP contribution in [-0.4, -0.2) is 42.5 Å². The lowest BCUT2D eigenvalue weighted by molar-refractivity contribution is 0.0893. The van der Waals surface area contributed by atoms with Crippen molar-refractivity contribution >= 4 is 11.9 Å². The third kappa shape index (κ3) is 4.53. The van der Waals surface area contributed by atoms with E-state index in [1.807, 2.05) is 20.8 Å². The number of amides is 1. The van der Waals surface area contributed by atoms with Crippen molar-refractivity contribution in [2.24, 2.45) is 0 Å². The molecule has 1 amide bonds. The average Bonchev–Trinajstić information content (AvgIpc) is 3.36. The van der Waals surface area contributed by atoms with E-state index in [4.69, 9.17) is 23.4 Å². The Morgan fingerprint density at radius 3 is 2.36 bits per heavy atom. The van der Waals surface area contributed by atoms with Crippen molar-refractivity contribution in [1.29, 1.82) is 0 Å². The van der Waals surface area contributed by atoms with Gasteiger partial charge >= 0.3 is 6.01 Å². The van der Waals surface area contributed by atoms with Crippen molar-refractivity contribution in [3.8, 4) is 17.2 Å². The number of hydrogen-bond donors (Lipinski definition) is 1. The lowest BCUT2D eigenvalue weighted by Crippen LogP contribution is -2.13. The monoisotopic (exact) mass is 391 g/mol. The van der Waals surface area contributed by atoms with E-state index >= 15 is 0 Å². The summed E-state index contributed by atoms with van der Waals surface area (Å²) in [6.07, 6.45) is 1.56. The molecule has 1 aromatic heterocycles. The van der Waals surface area contributed by atoms with Crippen LogP contribution >= 0.6 is 0 Å². The fourth-order valence-electron chi connectivity index (χ4n) is 2.88. The van der Waals surface area contributed by atoms with Crippen LogP contribution < -0.4 is 19.5 Å². The molecule has 1 fully saturated rings. The molecule has 1 saturated heterocycles. The largest absolute Gasteiger partial charge is 0.490 e. The zero-order valence-corrected chi connectivity index (χ0v) is 16.3. The molecule has 0 spiro atoms. The Morgan fingerprint density at radius 2 is 1.79 bits per heavy atom. The highest BCUT2D eigenvalue weighted by atomic mass is 16.5. The van der Waals surface area contributed by atoms with Gasteiger partial charge in [-0.15, -0.1) is 5.10 Å². The number of nitrogens with zero attached hydrogens (tertiary/aromatic N) is 2. The molecule has 9 nitrogen and oxygen atoms in total. The van der Waals surface area contributed by atoms with E-state index in [-0.39, 0.29) is 12.1 Å². The molecule has 0 bridgehead atoms. The Labute approximate surface area is 163 Å². The van der Waals surface area contributed by atoms with E-state index in [0.717, 1.165) is 12.8 Å². The van der Waals surface area contributed by atoms with E-state index in [1.54, 1.807) is 12.1 Å². The Bertz CT molecular complexity index is 774. The Balaban J connectivity index is 1.81. The second-order valence-electron chi connectivity index (χ2n) is 6.00. The van der Waals surface area contributed by atoms with Crippen LogP contribution in [0.1, 0.15) is 56.0 Å². The highest BCUT2D eigenvalue weighted by Gasteiger charge is 2.25. The summed E-state index contributed by atoms with van der Waals surface area (Å²) in [4.78, 5) is 12.7. The SMILES string of the molecule is CCOc1cc(C(=O)Nc2nnc(C3CCCO3)o2)cc(OCC)c1OCC. The van der Waals surface area contributed by atoms with Gasteiger partial charge in [-0.3, -0.25) is 10.1 Å². The molecule has 1 N–H and O–H groups in total. The van der Waals surface area contributed by atoms with Crippen LogP contribution in [0.4, 0.5) is 6.01 Å². The van der Waals surface area contributed by atoms with Gasteiger partial charge in [0.1, 0.15) is 6.10 Å². The lowest BCUT2D eigenvalue weighted by atomic mass is 10.1. The van der Waals surface area contributed by atoms with Gasteiger partial charge in [-0.05, 0) is 45.7 Å². The standard InChI is InChI=1S/C19H25N3O6/c1-4-24-14-10-12(11-15(25-5-2)16(14)26-6-3)17(23)20-19-22-21-18(28-19)13-8-7-9-27-13/h10-11,13H,4-9H2,1-3H3,(H,20,22,23). The number of nitrogens with one attached hydrogen (secondary N) is 1. The molecular formula is C19H25N3O6. The third-order valence-corrected chi connectivity index (χ3v) is 4.04. The minimum absolute atomic E-state index is 0.0142. The van der Waals surface area contributed by atoms with Crippen LogP contribution in [0.5, 0.6) is 17.2 Å². The van der Waals surface area contributed by atoms with E-state index in [0.29, 0.717) is 55.1 Å². The van der Waals surface area contributed by atoms with Gasteiger partial charge in [-0.25, -0.2) is 0 Å². The molecule has 1 aromatic carbocycles. The zero-order chi connectivity index (χ0) is 19.9. The normalized spacial score (nSPS) is 16.0. The first kappa shape index (κ1) is 19.9. The summed E-state index contributed by atoms with van der Waals surface area (Å²) in [5, 5.41) is 10.4. The molecule has 2 aromatic rings. The summed E-state index contributed by atoms with van der Waals surface area (Å²) in [7, 11) is 0. The molecule has 3 rings (SSSR count). The summed E-state index contributed by atoms with van der Waals surface area (Å²) in [5.41, 5.74) is 0.326. The maximum Gasteiger partial charge on any atom is 0.322 e. The summed E-state index contributed by atoms with van der Waals surface area (Å²) in [5.74, 6) is 1.29. The number of ether oxygens (including phenoxy) is 4. The van der Waals surface area contributed by atoms with Gasteiger partial charge in [0.15, 0.2) is 11.5 Å². The number of hydrogen-bond acceptors (Lipinski definition) is 8. The fourth-order valence-corrected chi connectivity index (χ4v) is 2.88. The van der Waals surface area contributed by atoms with Gasteiger partial charge in [-0.2, -0.15) is 0 Å². The van der Waals surface area contributed by atoms with Crippen LogP contribution in [0.15, 0.2) is 16.5 Å². The summed E-state index contributed by atoms with van der Waals surface area (Å²) < 4.78 is 27.9. The molecular weight excluding hydrogens is 366 g/mol. The van der Waals surface area contributed by atoms with Crippen molar-refractivity contribution in [2.45, 2.75) is 39.7 Å². The second-order valence-corrected chi connectivity index (χ2v) is 6.00. The molecule has 0 saturated carbocycles. The predicted molar refractivity (Wildman–Crippen MR) is 100 cm³/mol. The number of rotatable bonds is 9. The second kappa shape index (κ2) is 9.41. The summed E-state index contributed by atoms with van der Waals surface area (Å²) in [6, 6.07) is 3.22. The molecule has 1 aliphatic rings. The minimum atomic E-state index is -0.424. The van der Waals surface area contributed by atoms with Crippen molar-refractivity contribution in [3.05, 3.63) is 23.6 Å². The topological polar surface area (TPSA) is 105 Å². The molecule has 0 radical (unpaired) electrons. The van der Waals surface area contributed by atoms with Gasteiger partial charge in [-0.1, -0.05) is 5.10 Å². The first-order chi connectivity index (χ1) is 13.7. The first-order valence-corrected chi connectivity index (χ1v) is 9.49.